The zero-order valence-electron chi connectivity index (χ0n) is 11.5. The Bertz CT molecular complexity index is 581. The van der Waals surface area contributed by atoms with E-state index in [1.165, 1.54) is 0 Å². The minimum Gasteiger partial charge on any atom is -0.508 e. The van der Waals surface area contributed by atoms with E-state index < -0.39 is 0 Å². The van der Waals surface area contributed by atoms with Gasteiger partial charge in [-0.1, -0.05) is 6.07 Å². The molecule has 20 heavy (non-hydrogen) atoms. The number of phenols is 1. The van der Waals surface area contributed by atoms with Gasteiger partial charge in [-0.05, 0) is 23.6 Å². The molecule has 1 aliphatic rings. The van der Waals surface area contributed by atoms with Gasteiger partial charge in [-0.25, -0.2) is 4.98 Å². The van der Waals surface area contributed by atoms with Gasteiger partial charge in [-0.2, -0.15) is 0 Å². The molecular formula is C15H20N4O. The Morgan fingerprint density at radius 1 is 1.25 bits per heavy atom. The molecular weight excluding hydrogens is 252 g/mol. The third-order valence-corrected chi connectivity index (χ3v) is 3.68. The number of rotatable bonds is 4. The number of aromatic nitrogens is 1. The number of hydrogen-bond acceptors (Lipinski definition) is 5. The van der Waals surface area contributed by atoms with E-state index in [0.717, 1.165) is 55.9 Å². The van der Waals surface area contributed by atoms with Crippen LogP contribution in [0.25, 0.3) is 10.8 Å². The molecule has 0 amide bonds. The van der Waals surface area contributed by atoms with Crippen molar-refractivity contribution in [3.63, 3.8) is 0 Å². The van der Waals surface area contributed by atoms with Crippen LogP contribution in [0.3, 0.4) is 0 Å². The van der Waals surface area contributed by atoms with Crippen LogP contribution in [0.4, 0.5) is 5.82 Å². The minimum absolute atomic E-state index is 0.274. The maximum atomic E-state index is 9.61. The minimum atomic E-state index is 0.274. The molecule has 2 aromatic rings. The lowest BCUT2D eigenvalue weighted by atomic mass is 10.1. The van der Waals surface area contributed by atoms with Crippen molar-refractivity contribution in [2.45, 2.75) is 0 Å². The maximum absolute atomic E-state index is 9.61. The van der Waals surface area contributed by atoms with Gasteiger partial charge >= 0.3 is 0 Å². The Balaban J connectivity index is 1.66. The number of fused-ring (bicyclic) bond motifs is 1. The Kier molecular flexibility index (Phi) is 3.99. The molecule has 1 aliphatic heterocycles. The summed E-state index contributed by atoms with van der Waals surface area (Å²) in [5.41, 5.74) is 0. The van der Waals surface area contributed by atoms with E-state index in [4.69, 9.17) is 0 Å². The SMILES string of the molecule is Oc1ccc2ccnc(NCCN3CCNCC3)c2c1. The molecule has 1 aromatic heterocycles. The summed E-state index contributed by atoms with van der Waals surface area (Å²) in [6.07, 6.45) is 1.80. The number of piperazine rings is 1. The van der Waals surface area contributed by atoms with Gasteiger partial charge in [0.15, 0.2) is 0 Å². The van der Waals surface area contributed by atoms with E-state index in [-0.39, 0.29) is 5.75 Å². The standard InChI is InChI=1S/C15H20N4O/c20-13-2-1-12-3-4-17-15(14(12)11-13)18-7-10-19-8-5-16-6-9-19/h1-4,11,16,20H,5-10H2,(H,17,18). The third-order valence-electron chi connectivity index (χ3n) is 3.68. The summed E-state index contributed by atoms with van der Waals surface area (Å²) >= 11 is 0. The first-order valence-electron chi connectivity index (χ1n) is 7.07. The number of pyridine rings is 1. The van der Waals surface area contributed by atoms with E-state index >= 15 is 0 Å². The average molecular weight is 272 g/mol. The van der Waals surface area contributed by atoms with E-state index in [2.05, 4.69) is 20.5 Å². The summed E-state index contributed by atoms with van der Waals surface area (Å²) in [4.78, 5) is 6.81. The second kappa shape index (κ2) is 6.07. The third kappa shape index (κ3) is 3.00. The smallest absolute Gasteiger partial charge is 0.133 e. The van der Waals surface area contributed by atoms with Crippen molar-refractivity contribution in [1.82, 2.24) is 15.2 Å². The van der Waals surface area contributed by atoms with Crippen LogP contribution in [0.15, 0.2) is 30.5 Å². The van der Waals surface area contributed by atoms with Crippen LogP contribution in [-0.2, 0) is 0 Å². The monoisotopic (exact) mass is 272 g/mol. The zero-order valence-corrected chi connectivity index (χ0v) is 11.5. The summed E-state index contributed by atoms with van der Waals surface area (Å²) in [7, 11) is 0. The fourth-order valence-corrected chi connectivity index (χ4v) is 2.56. The lowest BCUT2D eigenvalue weighted by Gasteiger charge is -2.27. The van der Waals surface area contributed by atoms with Crippen LogP contribution in [0, 0.1) is 0 Å². The highest BCUT2D eigenvalue weighted by Crippen LogP contribution is 2.24. The Hall–Kier alpha value is -1.85. The second-order valence-electron chi connectivity index (χ2n) is 5.08. The van der Waals surface area contributed by atoms with Crippen molar-refractivity contribution in [3.8, 4) is 5.75 Å². The quantitative estimate of drug-likeness (QED) is 0.782. The summed E-state index contributed by atoms with van der Waals surface area (Å²) in [6.45, 7) is 6.22. The number of phenolic OH excluding ortho intramolecular Hbond substituents is 1. The van der Waals surface area contributed by atoms with Gasteiger partial charge in [-0.3, -0.25) is 4.90 Å². The molecule has 2 heterocycles. The highest BCUT2D eigenvalue weighted by Gasteiger charge is 2.09. The van der Waals surface area contributed by atoms with Gasteiger partial charge in [0.25, 0.3) is 0 Å². The van der Waals surface area contributed by atoms with Gasteiger partial charge < -0.3 is 15.7 Å². The zero-order chi connectivity index (χ0) is 13.8. The Morgan fingerprint density at radius 3 is 2.95 bits per heavy atom. The number of nitrogens with one attached hydrogen (secondary N) is 2. The van der Waals surface area contributed by atoms with Gasteiger partial charge in [0, 0.05) is 50.9 Å². The van der Waals surface area contributed by atoms with Crippen molar-refractivity contribution < 1.29 is 5.11 Å². The normalized spacial score (nSPS) is 16.4. The van der Waals surface area contributed by atoms with Gasteiger partial charge in [0.05, 0.1) is 0 Å². The molecule has 1 aromatic carbocycles. The van der Waals surface area contributed by atoms with Crippen LogP contribution in [0.5, 0.6) is 5.75 Å². The largest absolute Gasteiger partial charge is 0.508 e. The van der Waals surface area contributed by atoms with Crippen LogP contribution < -0.4 is 10.6 Å². The fraction of sp³-hybridized carbons (Fsp3) is 0.400. The molecule has 3 N–H and O–H groups in total. The predicted octanol–water partition coefficient (Wildman–Crippen LogP) is 1.26. The number of nitrogens with zero attached hydrogens (tertiary/aromatic N) is 2. The topological polar surface area (TPSA) is 60.4 Å². The predicted molar refractivity (Wildman–Crippen MR) is 81.2 cm³/mol. The van der Waals surface area contributed by atoms with Crippen molar-refractivity contribution in [2.75, 3.05) is 44.6 Å². The van der Waals surface area contributed by atoms with Gasteiger partial charge in [0.2, 0.25) is 0 Å². The molecule has 5 heteroatoms. The number of aromatic hydroxyl groups is 1. The number of anilines is 1. The molecule has 0 aliphatic carbocycles. The molecule has 0 atom stereocenters. The molecule has 0 saturated carbocycles. The maximum Gasteiger partial charge on any atom is 0.133 e. The molecule has 5 nitrogen and oxygen atoms in total. The lowest BCUT2D eigenvalue weighted by Crippen LogP contribution is -2.45. The molecule has 0 radical (unpaired) electrons. The van der Waals surface area contributed by atoms with E-state index in [1.807, 2.05) is 12.1 Å². The summed E-state index contributed by atoms with van der Waals surface area (Å²) in [5.74, 6) is 1.11. The van der Waals surface area contributed by atoms with Crippen molar-refractivity contribution in [2.24, 2.45) is 0 Å². The molecule has 3 rings (SSSR count). The van der Waals surface area contributed by atoms with Crippen molar-refractivity contribution in [1.29, 1.82) is 0 Å². The van der Waals surface area contributed by atoms with Gasteiger partial charge in [0.1, 0.15) is 11.6 Å². The lowest BCUT2D eigenvalue weighted by molar-refractivity contribution is 0.249. The molecule has 0 bridgehead atoms. The molecule has 0 spiro atoms. The van der Waals surface area contributed by atoms with Crippen molar-refractivity contribution >= 4 is 16.6 Å². The molecule has 1 fully saturated rings. The van der Waals surface area contributed by atoms with Crippen LogP contribution >= 0.6 is 0 Å². The van der Waals surface area contributed by atoms with E-state index in [9.17, 15) is 5.11 Å². The highest BCUT2D eigenvalue weighted by atomic mass is 16.3. The van der Waals surface area contributed by atoms with E-state index in [0.29, 0.717) is 0 Å². The van der Waals surface area contributed by atoms with Crippen molar-refractivity contribution in [3.05, 3.63) is 30.5 Å². The molecule has 106 valence electrons. The molecule has 1 saturated heterocycles. The number of benzene rings is 1. The Labute approximate surface area is 118 Å². The van der Waals surface area contributed by atoms with Crippen LogP contribution in [0.2, 0.25) is 0 Å². The highest BCUT2D eigenvalue weighted by molar-refractivity contribution is 5.92. The fourth-order valence-electron chi connectivity index (χ4n) is 2.56. The first-order chi connectivity index (χ1) is 9.83. The summed E-state index contributed by atoms with van der Waals surface area (Å²) in [5, 5.41) is 18.4. The van der Waals surface area contributed by atoms with E-state index in [1.54, 1.807) is 18.3 Å². The average Bonchev–Trinajstić information content (AvgIpc) is 2.49. The van der Waals surface area contributed by atoms with Gasteiger partial charge in [-0.15, -0.1) is 0 Å². The Morgan fingerprint density at radius 2 is 2.10 bits per heavy atom. The first-order valence-corrected chi connectivity index (χ1v) is 7.07. The summed E-state index contributed by atoms with van der Waals surface area (Å²) < 4.78 is 0. The first kappa shape index (κ1) is 13.1. The summed E-state index contributed by atoms with van der Waals surface area (Å²) in [6, 6.07) is 7.33. The van der Waals surface area contributed by atoms with Crippen LogP contribution in [0.1, 0.15) is 0 Å². The number of hydrogen-bond donors (Lipinski definition) is 3. The van der Waals surface area contributed by atoms with Crippen LogP contribution in [-0.4, -0.2) is 54.3 Å². The molecule has 0 unspecified atom stereocenters. The second-order valence-corrected chi connectivity index (χ2v) is 5.08.